The minimum atomic E-state index is -1.75. The zero-order chi connectivity index (χ0) is 46.2. The van der Waals surface area contributed by atoms with E-state index in [1.165, 1.54) is 0 Å². The fraction of sp³-hybridized carbons (Fsp3) is 1.00. The van der Waals surface area contributed by atoms with Gasteiger partial charge in [-0.05, 0) is 104 Å². The minimum Gasteiger partial charge on any atom is -0.394 e. The highest BCUT2D eigenvalue weighted by atomic mass is 16.8. The van der Waals surface area contributed by atoms with Crippen LogP contribution in [0, 0.1) is 52.3 Å². The summed E-state index contributed by atoms with van der Waals surface area (Å²) in [4.78, 5) is 0. The van der Waals surface area contributed by atoms with Crippen molar-refractivity contribution in [3.8, 4) is 0 Å². The first-order chi connectivity index (χ1) is 30.3. The molecule has 0 aromatic carbocycles. The Bertz CT molecular complexity index is 1560. The molecule has 8 fully saturated rings. The van der Waals surface area contributed by atoms with Gasteiger partial charge in [-0.3, -0.25) is 0 Å². The average Bonchev–Trinajstić information content (AvgIpc) is 3.71. The van der Waals surface area contributed by atoms with Crippen molar-refractivity contribution in [1.82, 2.24) is 0 Å². The second kappa shape index (κ2) is 19.2. The van der Waals surface area contributed by atoms with Gasteiger partial charge < -0.3 is 94.4 Å². The SMILES string of the molecule is C[C@@H](CC[C@@]1(O)OC2CC3C4CCC5CC(O[C@@H]6OC(CO)[C@H](O)[C@H](O)C6O[C@@H]6OC(CO)[C@@H](O)[C@H](O)C6O)CCC5(C)C4CCC3(C)C2[C@@H]1C)CO[C@@H]1OC(CO)[C@@H](O)[C@H](O)C1O. The molecule has 0 bridgehead atoms. The van der Waals surface area contributed by atoms with E-state index >= 15 is 0 Å². The number of hydrogen-bond acceptors (Lipinski definition) is 19. The monoisotopic (exact) mass is 920 g/mol. The van der Waals surface area contributed by atoms with Crippen molar-refractivity contribution in [3.63, 3.8) is 0 Å². The molecule has 0 amide bonds. The van der Waals surface area contributed by atoms with E-state index in [4.69, 9.17) is 33.2 Å². The first kappa shape index (κ1) is 49.7. The fourth-order valence-electron chi connectivity index (χ4n) is 14.2. The summed E-state index contributed by atoms with van der Waals surface area (Å²) in [7, 11) is 0. The average molecular weight is 921 g/mol. The van der Waals surface area contributed by atoms with Crippen LogP contribution >= 0.6 is 0 Å². The van der Waals surface area contributed by atoms with Gasteiger partial charge in [0.25, 0.3) is 0 Å². The Hall–Kier alpha value is -0.760. The maximum absolute atomic E-state index is 12.1. The smallest absolute Gasteiger partial charge is 0.187 e. The summed E-state index contributed by atoms with van der Waals surface area (Å²) in [6, 6.07) is 0. The Morgan fingerprint density at radius 1 is 0.625 bits per heavy atom. The van der Waals surface area contributed by atoms with E-state index in [9.17, 15) is 61.3 Å². The number of hydrogen-bond donors (Lipinski definition) is 12. The van der Waals surface area contributed by atoms with Gasteiger partial charge in [0.15, 0.2) is 24.7 Å². The summed E-state index contributed by atoms with van der Waals surface area (Å²) in [5.74, 6) is 0.532. The van der Waals surface area contributed by atoms with Crippen molar-refractivity contribution in [2.45, 2.75) is 202 Å². The van der Waals surface area contributed by atoms with E-state index in [0.717, 1.165) is 44.9 Å². The molecule has 64 heavy (non-hydrogen) atoms. The van der Waals surface area contributed by atoms with Crippen LogP contribution in [0.1, 0.15) is 91.9 Å². The second-order valence-corrected chi connectivity index (χ2v) is 21.5. The van der Waals surface area contributed by atoms with E-state index in [1.807, 2.05) is 6.92 Å². The van der Waals surface area contributed by atoms with Crippen LogP contribution in [0.5, 0.6) is 0 Å². The van der Waals surface area contributed by atoms with Gasteiger partial charge in [-0.15, -0.1) is 0 Å². The largest absolute Gasteiger partial charge is 0.394 e. The maximum atomic E-state index is 12.1. The molecule has 0 aromatic heterocycles. The van der Waals surface area contributed by atoms with Crippen molar-refractivity contribution in [1.29, 1.82) is 0 Å². The Labute approximate surface area is 374 Å². The van der Waals surface area contributed by atoms with Crippen LogP contribution in [0.4, 0.5) is 0 Å². The standard InChI is InChI=1S/C45H76O19/c1-19(18-58-40-37(55)34(52)31(49)27(15-46)60-40)7-12-45(57)20(2)30-26(64-45)14-25-23-6-5-21-13-22(8-10-43(21,3)24(23)9-11-44(25,30)4)59-42-39(36(54)33(51)29(17-48)62-42)63-41-38(56)35(53)32(50)28(16-47)61-41/h19-42,46-57H,5-18H2,1-4H3/t19-,20-,21?,22?,23?,24?,25?,26?,27?,28?,29?,30?,31+,32+,33-,34-,35-,36-,37?,38?,39?,40+,41-,42+,43?,44?,45+/m0/s1. The van der Waals surface area contributed by atoms with Crippen LogP contribution in [0.2, 0.25) is 0 Å². The predicted octanol–water partition coefficient (Wildman–Crippen LogP) is -1.78. The highest BCUT2D eigenvalue weighted by Gasteiger charge is 2.68. The molecule has 19 heteroatoms. The molecule has 8 rings (SSSR count). The maximum Gasteiger partial charge on any atom is 0.187 e. The van der Waals surface area contributed by atoms with Gasteiger partial charge in [0.1, 0.15) is 73.2 Å². The van der Waals surface area contributed by atoms with Gasteiger partial charge in [0, 0.05) is 12.3 Å². The van der Waals surface area contributed by atoms with E-state index in [2.05, 4.69) is 20.8 Å². The summed E-state index contributed by atoms with van der Waals surface area (Å²) >= 11 is 0. The molecule has 4 aliphatic carbocycles. The van der Waals surface area contributed by atoms with Crippen LogP contribution in [-0.4, -0.2) is 198 Å². The van der Waals surface area contributed by atoms with Crippen molar-refractivity contribution in [2.75, 3.05) is 26.4 Å². The van der Waals surface area contributed by atoms with Crippen molar-refractivity contribution in [2.24, 2.45) is 52.3 Å². The first-order valence-corrected chi connectivity index (χ1v) is 23.9. The van der Waals surface area contributed by atoms with Crippen molar-refractivity contribution >= 4 is 0 Å². The number of aliphatic hydroxyl groups excluding tert-OH is 11. The lowest BCUT2D eigenvalue weighted by atomic mass is 9.44. The summed E-state index contributed by atoms with van der Waals surface area (Å²) < 4.78 is 42.0. The molecular weight excluding hydrogens is 844 g/mol. The lowest BCUT2D eigenvalue weighted by molar-refractivity contribution is -0.373. The molecule has 370 valence electrons. The molecule has 4 saturated heterocycles. The lowest BCUT2D eigenvalue weighted by Gasteiger charge is -2.61. The van der Waals surface area contributed by atoms with Gasteiger partial charge in [-0.1, -0.05) is 27.7 Å². The predicted molar refractivity (Wildman–Crippen MR) is 219 cm³/mol. The van der Waals surface area contributed by atoms with Crippen molar-refractivity contribution < 1.29 is 94.4 Å². The third-order valence-electron chi connectivity index (χ3n) is 18.0. The number of rotatable bonds is 13. The number of ether oxygens (including phenoxy) is 7. The molecule has 12 N–H and O–H groups in total. The highest BCUT2D eigenvalue weighted by molar-refractivity contribution is 5.15. The Kier molecular flexibility index (Phi) is 14.9. The first-order valence-electron chi connectivity index (χ1n) is 23.9. The van der Waals surface area contributed by atoms with Gasteiger partial charge in [-0.2, -0.15) is 0 Å². The topological polar surface area (TPSA) is 307 Å². The molecule has 0 radical (unpaired) electrons. The molecule has 4 heterocycles. The van der Waals surface area contributed by atoms with Gasteiger partial charge >= 0.3 is 0 Å². The molecule has 19 nitrogen and oxygen atoms in total. The highest BCUT2D eigenvalue weighted by Crippen LogP contribution is 2.71. The van der Waals surface area contributed by atoms with E-state index < -0.39 is 118 Å². The van der Waals surface area contributed by atoms with E-state index in [-0.39, 0.29) is 47.4 Å². The molecule has 27 atom stereocenters. The van der Waals surface area contributed by atoms with Crippen LogP contribution in [-0.2, 0) is 33.2 Å². The normalized spacial score (nSPS) is 55.6. The molecule has 0 aromatic rings. The Morgan fingerprint density at radius 3 is 1.84 bits per heavy atom. The van der Waals surface area contributed by atoms with Crippen LogP contribution < -0.4 is 0 Å². The van der Waals surface area contributed by atoms with E-state index in [0.29, 0.717) is 42.9 Å². The van der Waals surface area contributed by atoms with Crippen molar-refractivity contribution in [3.05, 3.63) is 0 Å². The Balaban J connectivity index is 0.869. The molecule has 4 saturated carbocycles. The van der Waals surface area contributed by atoms with Gasteiger partial charge in [0.2, 0.25) is 0 Å². The van der Waals surface area contributed by atoms with E-state index in [1.54, 1.807) is 0 Å². The zero-order valence-corrected chi connectivity index (χ0v) is 37.5. The summed E-state index contributed by atoms with van der Waals surface area (Å²) in [5, 5.41) is 125. The molecule has 0 spiro atoms. The summed E-state index contributed by atoms with van der Waals surface area (Å²) in [6.07, 6.45) is -13.7. The minimum absolute atomic E-state index is 0.00000712. The summed E-state index contributed by atoms with van der Waals surface area (Å²) in [5.41, 5.74) is 0.0475. The fourth-order valence-corrected chi connectivity index (χ4v) is 14.2. The summed E-state index contributed by atoms with van der Waals surface area (Å²) in [6.45, 7) is 7.28. The second-order valence-electron chi connectivity index (χ2n) is 21.5. The van der Waals surface area contributed by atoms with Crippen LogP contribution in [0.15, 0.2) is 0 Å². The number of aliphatic hydroxyl groups is 12. The molecule has 4 aliphatic heterocycles. The molecular formula is C45H76O19. The van der Waals surface area contributed by atoms with Gasteiger partial charge in [-0.25, -0.2) is 0 Å². The van der Waals surface area contributed by atoms with Crippen LogP contribution in [0.25, 0.3) is 0 Å². The molecule has 15 unspecified atom stereocenters. The van der Waals surface area contributed by atoms with Gasteiger partial charge in [0.05, 0.1) is 38.6 Å². The van der Waals surface area contributed by atoms with Crippen LogP contribution in [0.3, 0.4) is 0 Å². The lowest BCUT2D eigenvalue weighted by Crippen LogP contribution is -2.65. The molecule has 8 aliphatic rings. The third-order valence-corrected chi connectivity index (χ3v) is 18.0. The quantitative estimate of drug-likeness (QED) is 0.0909. The third kappa shape index (κ3) is 8.65. The number of fused-ring (bicyclic) bond motifs is 7. The Morgan fingerprint density at radius 2 is 1.20 bits per heavy atom. The zero-order valence-electron chi connectivity index (χ0n) is 37.5.